The van der Waals surface area contributed by atoms with Crippen LogP contribution in [0.4, 0.5) is 0 Å². The monoisotopic (exact) mass is 181 g/mol. The minimum absolute atomic E-state index is 0.199. The molecule has 66 valence electrons. The lowest BCUT2D eigenvalue weighted by molar-refractivity contribution is 1.12. The summed E-state index contributed by atoms with van der Waals surface area (Å²) in [5.74, 6) is 0.199. The van der Waals surface area contributed by atoms with Crippen molar-refractivity contribution in [3.8, 4) is 17.2 Å². The van der Waals surface area contributed by atoms with Gasteiger partial charge in [-0.2, -0.15) is 5.26 Å². The van der Waals surface area contributed by atoms with Crippen molar-refractivity contribution in [3.63, 3.8) is 0 Å². The van der Waals surface area contributed by atoms with Gasteiger partial charge in [0.15, 0.2) is 0 Å². The zero-order valence-electron chi connectivity index (χ0n) is 7.38. The molecule has 0 aliphatic rings. The molecule has 0 bridgehead atoms. The van der Waals surface area contributed by atoms with Crippen LogP contribution in [0.15, 0.2) is 42.7 Å². The van der Waals surface area contributed by atoms with Gasteiger partial charge in [-0.1, -0.05) is 30.3 Å². The van der Waals surface area contributed by atoms with E-state index in [2.05, 4.69) is 9.97 Å². The molecular weight excluding hydrogens is 174 g/mol. The predicted molar refractivity (Wildman–Crippen MR) is 52.2 cm³/mol. The summed E-state index contributed by atoms with van der Waals surface area (Å²) in [5.41, 5.74) is 1.97. The average Bonchev–Trinajstić information content (AvgIpc) is 2.30. The smallest absolute Gasteiger partial charge is 0.227 e. The third-order valence-corrected chi connectivity index (χ3v) is 1.86. The number of nitrogens with zero attached hydrogens (tertiary/aromatic N) is 3. The minimum atomic E-state index is 0.199. The summed E-state index contributed by atoms with van der Waals surface area (Å²) in [6.45, 7) is 0. The second kappa shape index (κ2) is 3.67. The molecule has 0 atom stereocenters. The molecule has 0 unspecified atom stereocenters. The van der Waals surface area contributed by atoms with Crippen molar-refractivity contribution in [1.29, 1.82) is 5.26 Å². The molecule has 3 heteroatoms. The molecule has 0 aliphatic carbocycles. The summed E-state index contributed by atoms with van der Waals surface area (Å²) in [4.78, 5) is 7.80. The van der Waals surface area contributed by atoms with Gasteiger partial charge in [0.2, 0.25) is 5.82 Å². The van der Waals surface area contributed by atoms with Gasteiger partial charge in [0.1, 0.15) is 6.07 Å². The van der Waals surface area contributed by atoms with E-state index in [0.717, 1.165) is 11.1 Å². The van der Waals surface area contributed by atoms with Gasteiger partial charge in [0.05, 0.1) is 0 Å². The topological polar surface area (TPSA) is 49.6 Å². The Morgan fingerprint density at radius 2 is 1.57 bits per heavy atom. The van der Waals surface area contributed by atoms with Crippen molar-refractivity contribution in [1.82, 2.24) is 9.97 Å². The van der Waals surface area contributed by atoms with Gasteiger partial charge in [-0.05, 0) is 5.56 Å². The van der Waals surface area contributed by atoms with Gasteiger partial charge in [-0.3, -0.25) is 0 Å². The molecule has 0 N–H and O–H groups in total. The van der Waals surface area contributed by atoms with Gasteiger partial charge in [0, 0.05) is 18.0 Å². The van der Waals surface area contributed by atoms with Crippen LogP contribution in [0, 0.1) is 11.3 Å². The van der Waals surface area contributed by atoms with E-state index in [0.29, 0.717) is 0 Å². The van der Waals surface area contributed by atoms with Crippen molar-refractivity contribution in [2.75, 3.05) is 0 Å². The van der Waals surface area contributed by atoms with E-state index < -0.39 is 0 Å². The molecule has 0 amide bonds. The Bertz CT molecular complexity index is 454. The highest BCUT2D eigenvalue weighted by molar-refractivity contribution is 5.61. The molecule has 2 rings (SSSR count). The molecule has 0 radical (unpaired) electrons. The first kappa shape index (κ1) is 8.39. The van der Waals surface area contributed by atoms with Crippen molar-refractivity contribution in [3.05, 3.63) is 48.5 Å². The number of nitriles is 1. The molecule has 3 nitrogen and oxygen atoms in total. The van der Waals surface area contributed by atoms with Crippen LogP contribution in [0.2, 0.25) is 0 Å². The maximum absolute atomic E-state index is 8.52. The summed E-state index contributed by atoms with van der Waals surface area (Å²) >= 11 is 0. The second-order valence-electron chi connectivity index (χ2n) is 2.77. The average molecular weight is 181 g/mol. The lowest BCUT2D eigenvalue weighted by Crippen LogP contribution is -1.88. The van der Waals surface area contributed by atoms with Crippen molar-refractivity contribution in [2.45, 2.75) is 0 Å². The normalized spacial score (nSPS) is 9.36. The van der Waals surface area contributed by atoms with E-state index in [9.17, 15) is 0 Å². The summed E-state index contributed by atoms with van der Waals surface area (Å²) in [6, 6.07) is 11.7. The van der Waals surface area contributed by atoms with Gasteiger partial charge < -0.3 is 0 Å². The van der Waals surface area contributed by atoms with Crippen molar-refractivity contribution >= 4 is 0 Å². The Morgan fingerprint density at radius 1 is 0.929 bits per heavy atom. The van der Waals surface area contributed by atoms with Crippen LogP contribution in [0.1, 0.15) is 5.82 Å². The largest absolute Gasteiger partial charge is 0.232 e. The number of hydrogen-bond donors (Lipinski definition) is 0. The fourth-order valence-corrected chi connectivity index (χ4v) is 1.17. The molecule has 0 saturated carbocycles. The van der Waals surface area contributed by atoms with E-state index in [-0.39, 0.29) is 5.82 Å². The van der Waals surface area contributed by atoms with Gasteiger partial charge in [-0.25, -0.2) is 9.97 Å². The maximum atomic E-state index is 8.52. The van der Waals surface area contributed by atoms with Gasteiger partial charge in [0.25, 0.3) is 0 Å². The summed E-state index contributed by atoms with van der Waals surface area (Å²) < 4.78 is 0. The highest BCUT2D eigenvalue weighted by Gasteiger charge is 1.97. The van der Waals surface area contributed by atoms with Crippen LogP contribution >= 0.6 is 0 Å². The van der Waals surface area contributed by atoms with E-state index in [1.807, 2.05) is 36.4 Å². The van der Waals surface area contributed by atoms with E-state index in [1.165, 1.54) is 0 Å². The first-order valence-electron chi connectivity index (χ1n) is 4.18. The lowest BCUT2D eigenvalue weighted by Gasteiger charge is -1.98. The standard InChI is InChI=1S/C11H7N3/c12-6-11-13-7-10(8-14-11)9-4-2-1-3-5-9/h1-5,7-8H. The molecule has 0 spiro atoms. The first-order valence-corrected chi connectivity index (χ1v) is 4.18. The molecule has 0 saturated heterocycles. The van der Waals surface area contributed by atoms with Crippen LogP contribution in [0.3, 0.4) is 0 Å². The Morgan fingerprint density at radius 3 is 2.14 bits per heavy atom. The molecule has 0 aliphatic heterocycles. The first-order chi connectivity index (χ1) is 6.90. The van der Waals surface area contributed by atoms with E-state index in [1.54, 1.807) is 12.4 Å². The summed E-state index contributed by atoms with van der Waals surface area (Å²) in [7, 11) is 0. The SMILES string of the molecule is N#Cc1ncc(-c2ccccc2)cn1. The summed E-state index contributed by atoms with van der Waals surface area (Å²) in [5, 5.41) is 8.52. The predicted octanol–water partition coefficient (Wildman–Crippen LogP) is 2.02. The third-order valence-electron chi connectivity index (χ3n) is 1.86. The highest BCUT2D eigenvalue weighted by Crippen LogP contribution is 2.15. The van der Waals surface area contributed by atoms with Crippen LogP contribution < -0.4 is 0 Å². The Kier molecular flexibility index (Phi) is 2.20. The zero-order chi connectivity index (χ0) is 9.80. The fourth-order valence-electron chi connectivity index (χ4n) is 1.17. The fraction of sp³-hybridized carbons (Fsp3) is 0. The molecule has 1 heterocycles. The Balaban J connectivity index is 2.40. The Hall–Kier alpha value is -2.21. The number of hydrogen-bond acceptors (Lipinski definition) is 3. The van der Waals surface area contributed by atoms with Crippen LogP contribution in [0.25, 0.3) is 11.1 Å². The molecular formula is C11H7N3. The Labute approximate surface area is 81.7 Å². The molecule has 1 aromatic heterocycles. The zero-order valence-corrected chi connectivity index (χ0v) is 7.38. The quantitative estimate of drug-likeness (QED) is 0.676. The number of aromatic nitrogens is 2. The van der Waals surface area contributed by atoms with Crippen molar-refractivity contribution < 1.29 is 0 Å². The highest BCUT2D eigenvalue weighted by atomic mass is 14.9. The second-order valence-corrected chi connectivity index (χ2v) is 2.77. The molecule has 1 aromatic carbocycles. The number of rotatable bonds is 1. The maximum Gasteiger partial charge on any atom is 0.232 e. The molecule has 14 heavy (non-hydrogen) atoms. The molecule has 2 aromatic rings. The van der Waals surface area contributed by atoms with Gasteiger partial charge >= 0.3 is 0 Å². The lowest BCUT2D eigenvalue weighted by atomic mass is 10.1. The van der Waals surface area contributed by atoms with Crippen molar-refractivity contribution in [2.24, 2.45) is 0 Å². The van der Waals surface area contributed by atoms with Crippen LogP contribution in [-0.4, -0.2) is 9.97 Å². The van der Waals surface area contributed by atoms with Gasteiger partial charge in [-0.15, -0.1) is 0 Å². The number of benzene rings is 1. The third kappa shape index (κ3) is 1.59. The molecule has 0 fully saturated rings. The summed E-state index contributed by atoms with van der Waals surface area (Å²) in [6.07, 6.45) is 3.31. The van der Waals surface area contributed by atoms with E-state index in [4.69, 9.17) is 5.26 Å². The van der Waals surface area contributed by atoms with Crippen LogP contribution in [0.5, 0.6) is 0 Å². The minimum Gasteiger partial charge on any atom is -0.227 e. The van der Waals surface area contributed by atoms with Crippen LogP contribution in [-0.2, 0) is 0 Å². The van der Waals surface area contributed by atoms with E-state index >= 15 is 0 Å².